The van der Waals surface area contributed by atoms with Crippen molar-refractivity contribution in [2.24, 2.45) is 0 Å². The van der Waals surface area contributed by atoms with Crippen LogP contribution < -0.4 is 10.1 Å². The lowest BCUT2D eigenvalue weighted by Gasteiger charge is -2.15. The van der Waals surface area contributed by atoms with E-state index in [1.807, 2.05) is 6.92 Å². The zero-order chi connectivity index (χ0) is 13.4. The van der Waals surface area contributed by atoms with E-state index in [4.69, 9.17) is 9.47 Å². The molecule has 0 radical (unpaired) electrons. The molecule has 1 atom stereocenters. The topological polar surface area (TPSA) is 30.5 Å². The molecule has 3 nitrogen and oxygen atoms in total. The monoisotopic (exact) mass is 259 g/mol. The Morgan fingerprint density at radius 2 is 2.06 bits per heavy atom. The molecule has 0 heterocycles. The Balaban J connectivity index is 2.26. The molecular formula is C13H19F2NO2. The summed E-state index contributed by atoms with van der Waals surface area (Å²) in [6.07, 6.45) is 0.811. The Hall–Kier alpha value is -1.20. The summed E-state index contributed by atoms with van der Waals surface area (Å²) in [4.78, 5) is 0. The lowest BCUT2D eigenvalue weighted by molar-refractivity contribution is 0.188. The van der Waals surface area contributed by atoms with E-state index in [9.17, 15) is 8.78 Å². The maximum Gasteiger partial charge on any atom is 0.162 e. The molecule has 0 fully saturated rings. The zero-order valence-corrected chi connectivity index (χ0v) is 10.7. The van der Waals surface area contributed by atoms with Gasteiger partial charge in [-0.3, -0.25) is 0 Å². The minimum atomic E-state index is -0.896. The van der Waals surface area contributed by atoms with E-state index in [1.54, 1.807) is 7.11 Å². The lowest BCUT2D eigenvalue weighted by Crippen LogP contribution is -2.30. The number of nitrogens with one attached hydrogen (secondary N) is 1. The van der Waals surface area contributed by atoms with Gasteiger partial charge in [0.1, 0.15) is 11.9 Å². The summed E-state index contributed by atoms with van der Waals surface area (Å²) < 4.78 is 36.0. The minimum absolute atomic E-state index is 0.114. The number of hydrogen-bond acceptors (Lipinski definition) is 3. The van der Waals surface area contributed by atoms with Gasteiger partial charge in [0.25, 0.3) is 0 Å². The predicted molar refractivity (Wildman–Crippen MR) is 65.8 cm³/mol. The molecule has 1 rings (SSSR count). The molecule has 0 aliphatic heterocycles. The summed E-state index contributed by atoms with van der Waals surface area (Å²) in [6.45, 7) is 4.05. The molecule has 0 aliphatic carbocycles. The smallest absolute Gasteiger partial charge is 0.162 e. The summed E-state index contributed by atoms with van der Waals surface area (Å²) in [5.74, 6) is -1.43. The molecule has 1 N–H and O–H groups in total. The van der Waals surface area contributed by atoms with Crippen LogP contribution in [0.2, 0.25) is 0 Å². The number of ether oxygens (including phenoxy) is 2. The Morgan fingerprint density at radius 3 is 2.72 bits per heavy atom. The van der Waals surface area contributed by atoms with Crippen LogP contribution in [-0.2, 0) is 4.74 Å². The third-order valence-corrected chi connectivity index (χ3v) is 2.36. The summed E-state index contributed by atoms with van der Waals surface area (Å²) in [7, 11) is 1.66. The average molecular weight is 259 g/mol. The first-order valence-corrected chi connectivity index (χ1v) is 5.95. The van der Waals surface area contributed by atoms with Crippen LogP contribution in [0.1, 0.15) is 13.3 Å². The molecule has 1 aromatic carbocycles. The highest BCUT2D eigenvalue weighted by Gasteiger charge is 2.07. The van der Waals surface area contributed by atoms with E-state index < -0.39 is 11.6 Å². The maximum atomic E-state index is 12.9. The third-order valence-electron chi connectivity index (χ3n) is 2.36. The van der Waals surface area contributed by atoms with Crippen molar-refractivity contribution in [3.63, 3.8) is 0 Å². The lowest BCUT2D eigenvalue weighted by atomic mass is 10.3. The third kappa shape index (κ3) is 5.42. The molecule has 0 amide bonds. The first-order valence-electron chi connectivity index (χ1n) is 5.95. The second kappa shape index (κ2) is 8.00. The normalized spacial score (nSPS) is 12.4. The molecule has 0 saturated heterocycles. The van der Waals surface area contributed by atoms with Crippen molar-refractivity contribution in [3.8, 4) is 5.75 Å². The first kappa shape index (κ1) is 14.9. The van der Waals surface area contributed by atoms with E-state index in [1.165, 1.54) is 6.07 Å². The second-order valence-corrected chi connectivity index (χ2v) is 4.05. The highest BCUT2D eigenvalue weighted by atomic mass is 19.2. The standard InChI is InChI=1S/C13H19F2NO2/c1-10(9-16-6-3-7-17-2)18-11-4-5-12(14)13(15)8-11/h4-5,8,10,16H,3,6-7,9H2,1-2H3. The Kier molecular flexibility index (Phi) is 6.60. The van der Waals surface area contributed by atoms with Crippen molar-refractivity contribution in [1.29, 1.82) is 0 Å². The van der Waals surface area contributed by atoms with E-state index in [0.717, 1.165) is 25.1 Å². The van der Waals surface area contributed by atoms with Crippen LogP contribution in [0.5, 0.6) is 5.75 Å². The van der Waals surface area contributed by atoms with Gasteiger partial charge in [0.05, 0.1) is 0 Å². The van der Waals surface area contributed by atoms with Gasteiger partial charge in [0.15, 0.2) is 11.6 Å². The van der Waals surface area contributed by atoms with Crippen molar-refractivity contribution < 1.29 is 18.3 Å². The van der Waals surface area contributed by atoms with Crippen LogP contribution in [0.3, 0.4) is 0 Å². The average Bonchev–Trinajstić information content (AvgIpc) is 2.34. The van der Waals surface area contributed by atoms with Crippen molar-refractivity contribution in [1.82, 2.24) is 5.32 Å². The van der Waals surface area contributed by atoms with Gasteiger partial charge >= 0.3 is 0 Å². The van der Waals surface area contributed by atoms with Gasteiger partial charge in [-0.25, -0.2) is 8.78 Å². The Morgan fingerprint density at radius 1 is 1.28 bits per heavy atom. The molecule has 1 unspecified atom stereocenters. The largest absolute Gasteiger partial charge is 0.489 e. The number of benzene rings is 1. The van der Waals surface area contributed by atoms with E-state index >= 15 is 0 Å². The van der Waals surface area contributed by atoms with Crippen molar-refractivity contribution in [2.45, 2.75) is 19.4 Å². The van der Waals surface area contributed by atoms with Gasteiger partial charge < -0.3 is 14.8 Å². The molecule has 0 aliphatic rings. The quantitative estimate of drug-likeness (QED) is 0.727. The number of hydrogen-bond donors (Lipinski definition) is 1. The highest BCUT2D eigenvalue weighted by Crippen LogP contribution is 2.16. The molecule has 0 aromatic heterocycles. The molecule has 18 heavy (non-hydrogen) atoms. The van der Waals surface area contributed by atoms with Crippen LogP contribution in [-0.4, -0.2) is 32.9 Å². The van der Waals surface area contributed by atoms with Gasteiger partial charge in [-0.1, -0.05) is 0 Å². The summed E-state index contributed by atoms with van der Waals surface area (Å²) in [6, 6.07) is 3.53. The summed E-state index contributed by atoms with van der Waals surface area (Å²) in [5.41, 5.74) is 0. The summed E-state index contributed by atoms with van der Waals surface area (Å²) in [5, 5.41) is 3.19. The molecule has 0 spiro atoms. The highest BCUT2D eigenvalue weighted by molar-refractivity contribution is 5.23. The van der Waals surface area contributed by atoms with E-state index in [-0.39, 0.29) is 6.10 Å². The van der Waals surface area contributed by atoms with Crippen LogP contribution >= 0.6 is 0 Å². The van der Waals surface area contributed by atoms with Crippen molar-refractivity contribution in [2.75, 3.05) is 26.8 Å². The molecule has 0 saturated carbocycles. The Labute approximate surface area is 106 Å². The first-order chi connectivity index (χ1) is 8.63. The fourth-order valence-corrected chi connectivity index (χ4v) is 1.47. The fraction of sp³-hybridized carbons (Fsp3) is 0.538. The molecule has 5 heteroatoms. The van der Waals surface area contributed by atoms with Crippen LogP contribution in [0.15, 0.2) is 18.2 Å². The zero-order valence-electron chi connectivity index (χ0n) is 10.7. The molecular weight excluding hydrogens is 240 g/mol. The maximum absolute atomic E-state index is 12.9. The van der Waals surface area contributed by atoms with Crippen LogP contribution in [0, 0.1) is 11.6 Å². The van der Waals surface area contributed by atoms with Gasteiger partial charge in [0, 0.05) is 26.3 Å². The van der Waals surface area contributed by atoms with Crippen molar-refractivity contribution >= 4 is 0 Å². The minimum Gasteiger partial charge on any atom is -0.489 e. The second-order valence-electron chi connectivity index (χ2n) is 4.05. The summed E-state index contributed by atoms with van der Waals surface area (Å²) >= 11 is 0. The van der Waals surface area contributed by atoms with Crippen molar-refractivity contribution in [3.05, 3.63) is 29.8 Å². The molecule has 0 bridgehead atoms. The number of rotatable bonds is 8. The van der Waals surface area contributed by atoms with Crippen LogP contribution in [0.4, 0.5) is 8.78 Å². The Bertz CT molecular complexity index is 361. The number of methoxy groups -OCH3 is 1. The van der Waals surface area contributed by atoms with E-state index in [2.05, 4.69) is 5.32 Å². The van der Waals surface area contributed by atoms with Gasteiger partial charge in [-0.2, -0.15) is 0 Å². The van der Waals surface area contributed by atoms with Gasteiger partial charge in [0.2, 0.25) is 0 Å². The molecule has 102 valence electrons. The predicted octanol–water partition coefficient (Wildman–Crippen LogP) is 2.36. The molecule has 1 aromatic rings. The van der Waals surface area contributed by atoms with Gasteiger partial charge in [-0.05, 0) is 32.0 Å². The SMILES string of the molecule is COCCCNCC(C)Oc1ccc(F)c(F)c1. The van der Waals surface area contributed by atoms with Gasteiger partial charge in [-0.15, -0.1) is 0 Å². The fourth-order valence-electron chi connectivity index (χ4n) is 1.47. The van der Waals surface area contributed by atoms with E-state index in [0.29, 0.717) is 18.9 Å². The van der Waals surface area contributed by atoms with Crippen LogP contribution in [0.25, 0.3) is 0 Å². The number of halogens is 2.